The van der Waals surface area contributed by atoms with Crippen LogP contribution in [0.1, 0.15) is 0 Å². The lowest BCUT2D eigenvalue weighted by atomic mass is 10.2. The van der Waals surface area contributed by atoms with Gasteiger partial charge in [0.05, 0.1) is 19.3 Å². The fraction of sp³-hybridized carbons (Fsp3) is 1.00. The van der Waals surface area contributed by atoms with Gasteiger partial charge in [0.2, 0.25) is 0 Å². The Bertz CT molecular complexity index is 234. The van der Waals surface area contributed by atoms with Crippen molar-refractivity contribution >= 4 is 10.2 Å². The molecule has 0 atom stereocenters. The predicted molar refractivity (Wildman–Crippen MR) is 41.5 cm³/mol. The first-order valence-corrected chi connectivity index (χ1v) is 5.04. The maximum Gasteiger partial charge on any atom is 0.277 e. The number of nitrogens with two attached hydrogens (primary N) is 1. The summed E-state index contributed by atoms with van der Waals surface area (Å²) in [7, 11) is -3.53. The molecule has 1 fully saturated rings. The molecule has 7 heteroatoms. The van der Waals surface area contributed by atoms with E-state index in [0.29, 0.717) is 13.1 Å². The van der Waals surface area contributed by atoms with Crippen LogP contribution in [0.25, 0.3) is 0 Å². The number of nitrogens with zero attached hydrogens (tertiary/aromatic N) is 1. The molecule has 1 saturated heterocycles. The van der Waals surface area contributed by atoms with Gasteiger partial charge in [-0.15, -0.1) is 0 Å². The molecule has 0 aromatic heterocycles. The summed E-state index contributed by atoms with van der Waals surface area (Å²) in [6.07, 6.45) is -0.115. The Balaban J connectivity index is 2.20. The Kier molecular flexibility index (Phi) is 3.02. The summed E-state index contributed by atoms with van der Waals surface area (Å²) in [5.41, 5.74) is 0. The first-order valence-electron chi connectivity index (χ1n) is 3.54. The van der Waals surface area contributed by atoms with E-state index in [1.807, 2.05) is 0 Å². The van der Waals surface area contributed by atoms with E-state index < -0.39 is 10.2 Å². The molecule has 3 N–H and O–H groups in total. The normalized spacial score (nSPS) is 20.8. The molecular formula is C5H12N2O4S. The Morgan fingerprint density at radius 3 is 2.58 bits per heavy atom. The Hall–Kier alpha value is -0.210. The summed E-state index contributed by atoms with van der Waals surface area (Å²) >= 11 is 0. The van der Waals surface area contributed by atoms with Crippen molar-refractivity contribution in [3.63, 3.8) is 0 Å². The molecule has 0 saturated carbocycles. The van der Waals surface area contributed by atoms with E-state index in [9.17, 15) is 8.42 Å². The number of ether oxygens (including phenoxy) is 1. The highest BCUT2D eigenvalue weighted by Crippen LogP contribution is 2.13. The number of hydrogen-bond acceptors (Lipinski definition) is 4. The molecule has 1 rings (SSSR count). The van der Waals surface area contributed by atoms with Gasteiger partial charge in [-0.05, 0) is 0 Å². The minimum atomic E-state index is -3.53. The molecule has 0 bridgehead atoms. The third-order valence-corrected chi connectivity index (χ3v) is 2.64. The minimum Gasteiger partial charge on any atom is -0.394 e. The molecule has 6 nitrogen and oxygen atoms in total. The third kappa shape index (κ3) is 2.39. The van der Waals surface area contributed by atoms with Crippen LogP contribution in [-0.2, 0) is 14.9 Å². The topological polar surface area (TPSA) is 92.9 Å². The smallest absolute Gasteiger partial charge is 0.277 e. The molecule has 0 aliphatic carbocycles. The van der Waals surface area contributed by atoms with Crippen LogP contribution in [-0.4, -0.2) is 50.2 Å². The van der Waals surface area contributed by atoms with Gasteiger partial charge in [-0.1, -0.05) is 0 Å². The van der Waals surface area contributed by atoms with Gasteiger partial charge in [0.15, 0.2) is 0 Å². The summed E-state index contributed by atoms with van der Waals surface area (Å²) in [6, 6.07) is 0. The summed E-state index contributed by atoms with van der Waals surface area (Å²) < 4.78 is 27.4. The van der Waals surface area contributed by atoms with E-state index in [-0.39, 0.29) is 19.3 Å². The van der Waals surface area contributed by atoms with E-state index >= 15 is 0 Å². The average Bonchev–Trinajstić information content (AvgIpc) is 1.81. The molecule has 12 heavy (non-hydrogen) atoms. The predicted octanol–water partition coefficient (Wildman–Crippen LogP) is -2.12. The quantitative estimate of drug-likeness (QED) is 0.538. The Morgan fingerprint density at radius 1 is 1.58 bits per heavy atom. The molecule has 0 unspecified atom stereocenters. The molecule has 0 spiro atoms. The van der Waals surface area contributed by atoms with Crippen molar-refractivity contribution in [1.29, 1.82) is 0 Å². The van der Waals surface area contributed by atoms with Crippen LogP contribution in [0.4, 0.5) is 0 Å². The summed E-state index contributed by atoms with van der Waals surface area (Å²) in [5.74, 6) is 0. The monoisotopic (exact) mass is 196 g/mol. The highest BCUT2D eigenvalue weighted by atomic mass is 32.2. The van der Waals surface area contributed by atoms with Gasteiger partial charge in [-0.3, -0.25) is 0 Å². The average molecular weight is 196 g/mol. The fourth-order valence-corrected chi connectivity index (χ4v) is 1.68. The van der Waals surface area contributed by atoms with Crippen molar-refractivity contribution < 1.29 is 18.3 Å². The Labute approximate surface area is 71.1 Å². The second-order valence-corrected chi connectivity index (χ2v) is 4.12. The highest BCUT2D eigenvalue weighted by Gasteiger charge is 2.34. The van der Waals surface area contributed by atoms with Gasteiger partial charge in [-0.25, -0.2) is 5.14 Å². The van der Waals surface area contributed by atoms with Crippen LogP contribution in [0.3, 0.4) is 0 Å². The van der Waals surface area contributed by atoms with Crippen molar-refractivity contribution in [1.82, 2.24) is 4.31 Å². The van der Waals surface area contributed by atoms with E-state index in [0.717, 1.165) is 4.31 Å². The van der Waals surface area contributed by atoms with E-state index in [2.05, 4.69) is 0 Å². The SMILES string of the molecule is NS(=O)(=O)N1CC(OCCO)C1. The van der Waals surface area contributed by atoms with Crippen LogP contribution >= 0.6 is 0 Å². The van der Waals surface area contributed by atoms with Gasteiger partial charge in [0.1, 0.15) is 0 Å². The lowest BCUT2D eigenvalue weighted by Gasteiger charge is -2.36. The number of rotatable bonds is 4. The van der Waals surface area contributed by atoms with E-state index in [4.69, 9.17) is 15.0 Å². The molecule has 1 aliphatic rings. The standard InChI is InChI=1S/C5H12N2O4S/c6-12(9,10)7-3-5(4-7)11-2-1-8/h5,8H,1-4H2,(H2,6,9,10). The third-order valence-electron chi connectivity index (χ3n) is 1.62. The Morgan fingerprint density at radius 2 is 2.17 bits per heavy atom. The van der Waals surface area contributed by atoms with Gasteiger partial charge in [0, 0.05) is 13.1 Å². The molecule has 72 valence electrons. The van der Waals surface area contributed by atoms with Crippen LogP contribution in [0.5, 0.6) is 0 Å². The van der Waals surface area contributed by atoms with Crippen molar-refractivity contribution in [2.75, 3.05) is 26.3 Å². The fourth-order valence-electron chi connectivity index (χ4n) is 0.933. The first kappa shape index (κ1) is 9.87. The van der Waals surface area contributed by atoms with Crippen molar-refractivity contribution in [2.45, 2.75) is 6.10 Å². The molecule has 0 radical (unpaired) electrons. The largest absolute Gasteiger partial charge is 0.394 e. The lowest BCUT2D eigenvalue weighted by Crippen LogP contribution is -2.56. The maximum atomic E-state index is 10.6. The molecule has 0 aromatic carbocycles. The van der Waals surface area contributed by atoms with Gasteiger partial charge < -0.3 is 9.84 Å². The highest BCUT2D eigenvalue weighted by molar-refractivity contribution is 7.86. The molecule has 1 aliphatic heterocycles. The maximum absolute atomic E-state index is 10.6. The summed E-state index contributed by atoms with van der Waals surface area (Å²) in [5, 5.41) is 13.2. The van der Waals surface area contributed by atoms with Gasteiger partial charge in [-0.2, -0.15) is 12.7 Å². The molecule has 0 aromatic rings. The van der Waals surface area contributed by atoms with Crippen molar-refractivity contribution in [3.05, 3.63) is 0 Å². The second-order valence-electron chi connectivity index (χ2n) is 2.58. The summed E-state index contributed by atoms with van der Waals surface area (Å²) in [4.78, 5) is 0. The van der Waals surface area contributed by atoms with Gasteiger partial charge in [0.25, 0.3) is 10.2 Å². The van der Waals surface area contributed by atoms with Crippen LogP contribution in [0, 0.1) is 0 Å². The lowest BCUT2D eigenvalue weighted by molar-refractivity contribution is -0.0325. The zero-order valence-electron chi connectivity index (χ0n) is 6.51. The zero-order chi connectivity index (χ0) is 9.19. The van der Waals surface area contributed by atoms with Crippen LogP contribution in [0.15, 0.2) is 0 Å². The van der Waals surface area contributed by atoms with E-state index in [1.54, 1.807) is 0 Å². The number of aliphatic hydroxyl groups is 1. The van der Waals surface area contributed by atoms with E-state index in [1.165, 1.54) is 0 Å². The first-order chi connectivity index (χ1) is 5.54. The number of aliphatic hydroxyl groups excluding tert-OH is 1. The second kappa shape index (κ2) is 3.67. The molecular weight excluding hydrogens is 184 g/mol. The van der Waals surface area contributed by atoms with Crippen molar-refractivity contribution in [2.24, 2.45) is 5.14 Å². The summed E-state index contributed by atoms with van der Waals surface area (Å²) in [6.45, 7) is 0.771. The van der Waals surface area contributed by atoms with Crippen LogP contribution < -0.4 is 5.14 Å². The van der Waals surface area contributed by atoms with Crippen molar-refractivity contribution in [3.8, 4) is 0 Å². The van der Waals surface area contributed by atoms with Crippen LogP contribution in [0.2, 0.25) is 0 Å². The molecule has 1 heterocycles. The molecule has 0 amide bonds. The van der Waals surface area contributed by atoms with Gasteiger partial charge >= 0.3 is 0 Å². The number of hydrogen-bond donors (Lipinski definition) is 2. The minimum absolute atomic E-state index is 0.0497. The zero-order valence-corrected chi connectivity index (χ0v) is 7.33.